The number of anilines is 1. The lowest BCUT2D eigenvalue weighted by atomic mass is 10.0. The second-order valence-electron chi connectivity index (χ2n) is 7.39. The maximum Gasteiger partial charge on any atom is 0.255 e. The van der Waals surface area contributed by atoms with E-state index in [1.807, 2.05) is 0 Å². The number of rotatable bonds is 5. The van der Waals surface area contributed by atoms with Gasteiger partial charge in [-0.05, 0) is 71.7 Å². The lowest BCUT2D eigenvalue weighted by Crippen LogP contribution is -2.39. The third kappa shape index (κ3) is 4.24. The van der Waals surface area contributed by atoms with Crippen molar-refractivity contribution in [2.45, 2.75) is 24.7 Å². The number of piperidine rings is 1. The van der Waals surface area contributed by atoms with Crippen LogP contribution in [0.15, 0.2) is 59.8 Å². The number of amides is 1. The van der Waals surface area contributed by atoms with E-state index >= 15 is 0 Å². The van der Waals surface area contributed by atoms with E-state index in [-0.39, 0.29) is 10.8 Å². The molecule has 0 saturated carbocycles. The van der Waals surface area contributed by atoms with Crippen LogP contribution in [0.4, 0.5) is 5.69 Å². The standard InChI is InChI=1S/C20H22N6O3S/c1-15-4-3-11-25(13-15)30(28,29)19-9-7-17(8-10-19)22-20(27)16-5-2-6-18(12-16)26-14-21-23-24-26/h2,5-10,12,14-15H,3-4,11,13H2,1H3,(H,22,27)/t15-/m0/s1. The van der Waals surface area contributed by atoms with Gasteiger partial charge in [0.2, 0.25) is 10.0 Å². The minimum Gasteiger partial charge on any atom is -0.322 e. The van der Waals surface area contributed by atoms with Gasteiger partial charge in [0, 0.05) is 24.3 Å². The Labute approximate surface area is 174 Å². The van der Waals surface area contributed by atoms with Crippen LogP contribution in [0.3, 0.4) is 0 Å². The van der Waals surface area contributed by atoms with E-state index in [1.165, 1.54) is 23.1 Å². The molecule has 1 atom stereocenters. The highest BCUT2D eigenvalue weighted by molar-refractivity contribution is 7.89. The fourth-order valence-electron chi connectivity index (χ4n) is 3.50. The number of benzene rings is 2. The third-order valence-electron chi connectivity index (χ3n) is 5.09. The van der Waals surface area contributed by atoms with E-state index in [0.29, 0.717) is 35.9 Å². The normalized spacial score (nSPS) is 17.6. The first-order valence-electron chi connectivity index (χ1n) is 9.68. The van der Waals surface area contributed by atoms with Crippen molar-refractivity contribution in [2.24, 2.45) is 5.92 Å². The number of nitrogens with one attached hydrogen (secondary N) is 1. The van der Waals surface area contributed by atoms with E-state index in [4.69, 9.17) is 0 Å². The monoisotopic (exact) mass is 426 g/mol. The number of hydrogen-bond acceptors (Lipinski definition) is 6. The molecule has 1 saturated heterocycles. The summed E-state index contributed by atoms with van der Waals surface area (Å²) in [4.78, 5) is 12.8. The molecule has 3 aromatic rings. The van der Waals surface area contributed by atoms with E-state index in [9.17, 15) is 13.2 Å². The first-order chi connectivity index (χ1) is 14.4. The Hall–Kier alpha value is -3.11. The molecule has 30 heavy (non-hydrogen) atoms. The average molecular weight is 427 g/mol. The van der Waals surface area contributed by atoms with E-state index in [1.54, 1.807) is 40.7 Å². The van der Waals surface area contributed by atoms with Gasteiger partial charge in [-0.3, -0.25) is 4.79 Å². The van der Waals surface area contributed by atoms with Crippen molar-refractivity contribution < 1.29 is 13.2 Å². The zero-order valence-electron chi connectivity index (χ0n) is 16.5. The van der Waals surface area contributed by atoms with E-state index < -0.39 is 10.0 Å². The number of tetrazole rings is 1. The Morgan fingerprint density at radius 1 is 1.17 bits per heavy atom. The smallest absolute Gasteiger partial charge is 0.255 e. The van der Waals surface area contributed by atoms with Gasteiger partial charge in [0.1, 0.15) is 6.33 Å². The average Bonchev–Trinajstić information content (AvgIpc) is 3.29. The first kappa shape index (κ1) is 20.2. The lowest BCUT2D eigenvalue weighted by molar-refractivity contribution is 0.102. The van der Waals surface area contributed by atoms with Crippen LogP contribution in [0.25, 0.3) is 5.69 Å². The summed E-state index contributed by atoms with van der Waals surface area (Å²) >= 11 is 0. The number of nitrogens with zero attached hydrogens (tertiary/aromatic N) is 5. The molecule has 10 heteroatoms. The van der Waals surface area contributed by atoms with Crippen molar-refractivity contribution >= 4 is 21.6 Å². The SMILES string of the molecule is C[C@H]1CCCN(S(=O)(=O)c2ccc(NC(=O)c3cccc(-n4cnnn4)c3)cc2)C1. The maximum atomic E-state index is 12.9. The summed E-state index contributed by atoms with van der Waals surface area (Å²) in [5.41, 5.74) is 1.60. The van der Waals surface area contributed by atoms with Gasteiger partial charge in [-0.2, -0.15) is 4.31 Å². The van der Waals surface area contributed by atoms with Crippen molar-refractivity contribution in [1.29, 1.82) is 0 Å². The summed E-state index contributed by atoms with van der Waals surface area (Å²) in [7, 11) is -3.52. The molecule has 0 unspecified atom stereocenters. The minimum atomic E-state index is -3.52. The van der Waals surface area contributed by atoms with Crippen molar-refractivity contribution in [1.82, 2.24) is 24.5 Å². The maximum absolute atomic E-state index is 12.9. The van der Waals surface area contributed by atoms with Gasteiger partial charge in [-0.25, -0.2) is 13.1 Å². The number of hydrogen-bond donors (Lipinski definition) is 1. The molecule has 1 N–H and O–H groups in total. The summed E-state index contributed by atoms with van der Waals surface area (Å²) in [5, 5.41) is 13.8. The molecule has 2 heterocycles. The Morgan fingerprint density at radius 3 is 2.67 bits per heavy atom. The summed E-state index contributed by atoms with van der Waals surface area (Å²) in [6.45, 7) is 3.15. The second-order valence-corrected chi connectivity index (χ2v) is 9.33. The number of carbonyl (C=O) groups is 1. The van der Waals surface area contributed by atoms with E-state index in [2.05, 4.69) is 27.8 Å². The van der Waals surface area contributed by atoms with Crippen LogP contribution in [-0.4, -0.2) is 51.9 Å². The molecule has 9 nitrogen and oxygen atoms in total. The number of carbonyl (C=O) groups excluding carboxylic acids is 1. The van der Waals surface area contributed by atoms with Gasteiger partial charge in [-0.1, -0.05) is 13.0 Å². The fourth-order valence-corrected chi connectivity index (χ4v) is 5.09. The molecule has 156 valence electrons. The molecule has 1 fully saturated rings. The van der Waals surface area contributed by atoms with Gasteiger partial charge in [0.25, 0.3) is 5.91 Å². The highest BCUT2D eigenvalue weighted by atomic mass is 32.2. The highest BCUT2D eigenvalue weighted by Gasteiger charge is 2.28. The topological polar surface area (TPSA) is 110 Å². The van der Waals surface area contributed by atoms with Crippen LogP contribution in [-0.2, 0) is 10.0 Å². The highest BCUT2D eigenvalue weighted by Crippen LogP contribution is 2.24. The van der Waals surface area contributed by atoms with Gasteiger partial charge in [0.15, 0.2) is 0 Å². The molecule has 4 rings (SSSR count). The van der Waals surface area contributed by atoms with Crippen LogP contribution >= 0.6 is 0 Å². The Bertz CT molecular complexity index is 1130. The van der Waals surface area contributed by atoms with E-state index in [0.717, 1.165) is 12.8 Å². The second kappa shape index (κ2) is 8.33. The molecule has 0 bridgehead atoms. The fraction of sp³-hybridized carbons (Fsp3) is 0.300. The van der Waals surface area contributed by atoms with Crippen molar-refractivity contribution in [3.8, 4) is 5.69 Å². The van der Waals surface area contributed by atoms with Gasteiger partial charge >= 0.3 is 0 Å². The van der Waals surface area contributed by atoms with Crippen LogP contribution in [0.5, 0.6) is 0 Å². The molecular formula is C20H22N6O3S. The van der Waals surface area contributed by atoms with Gasteiger partial charge in [-0.15, -0.1) is 5.10 Å². The predicted molar refractivity (Wildman–Crippen MR) is 111 cm³/mol. The molecule has 1 aliphatic heterocycles. The van der Waals surface area contributed by atoms with Crippen LogP contribution in [0, 0.1) is 5.92 Å². The Balaban J connectivity index is 1.47. The third-order valence-corrected chi connectivity index (χ3v) is 6.97. The largest absolute Gasteiger partial charge is 0.322 e. The number of sulfonamides is 1. The van der Waals surface area contributed by atoms with Gasteiger partial charge in [0.05, 0.1) is 10.6 Å². The summed E-state index contributed by atoms with van der Waals surface area (Å²) in [6, 6.07) is 13.1. The molecule has 2 aromatic carbocycles. The molecule has 0 aliphatic carbocycles. The van der Waals surface area contributed by atoms with Crippen LogP contribution in [0.1, 0.15) is 30.1 Å². The zero-order valence-corrected chi connectivity index (χ0v) is 17.3. The molecule has 1 aliphatic rings. The van der Waals surface area contributed by atoms with Gasteiger partial charge < -0.3 is 5.32 Å². The van der Waals surface area contributed by atoms with Crippen LogP contribution in [0.2, 0.25) is 0 Å². The minimum absolute atomic E-state index is 0.232. The molecular weight excluding hydrogens is 404 g/mol. The zero-order chi connectivity index (χ0) is 21.1. The molecule has 0 spiro atoms. The summed E-state index contributed by atoms with van der Waals surface area (Å²) in [6.07, 6.45) is 3.36. The Morgan fingerprint density at radius 2 is 1.97 bits per heavy atom. The predicted octanol–water partition coefficient (Wildman–Crippen LogP) is 2.34. The molecule has 1 amide bonds. The Kier molecular flexibility index (Phi) is 5.60. The molecule has 0 radical (unpaired) electrons. The van der Waals surface area contributed by atoms with Crippen molar-refractivity contribution in [2.75, 3.05) is 18.4 Å². The lowest BCUT2D eigenvalue weighted by Gasteiger charge is -2.30. The summed E-state index contributed by atoms with van der Waals surface area (Å²) in [5.74, 6) is 0.0431. The molecule has 1 aromatic heterocycles. The number of aromatic nitrogens is 4. The first-order valence-corrected chi connectivity index (χ1v) is 11.1. The summed E-state index contributed by atoms with van der Waals surface area (Å²) < 4.78 is 28.7. The van der Waals surface area contributed by atoms with Crippen molar-refractivity contribution in [3.63, 3.8) is 0 Å². The quantitative estimate of drug-likeness (QED) is 0.671. The van der Waals surface area contributed by atoms with Crippen molar-refractivity contribution in [3.05, 3.63) is 60.4 Å². The van der Waals surface area contributed by atoms with Crippen LogP contribution < -0.4 is 5.32 Å².